The zero-order valence-corrected chi connectivity index (χ0v) is 16.9. The van der Waals surface area contributed by atoms with Crippen LogP contribution in [0.2, 0.25) is 10.0 Å². The molecule has 2 aromatic rings. The number of rotatable bonds is 5. The minimum Gasteiger partial charge on any atom is -0.478 e. The number of hydrogen-bond donors (Lipinski definition) is 4. The lowest BCUT2D eigenvalue weighted by atomic mass is 9.97. The van der Waals surface area contributed by atoms with Gasteiger partial charge in [0.15, 0.2) is 0 Å². The zero-order valence-electron chi connectivity index (χ0n) is 15.4. The van der Waals surface area contributed by atoms with E-state index in [1.165, 1.54) is 6.07 Å². The molecule has 0 saturated carbocycles. The smallest absolute Gasteiger partial charge is 0.335 e. The summed E-state index contributed by atoms with van der Waals surface area (Å²) in [4.78, 5) is 29.1. The van der Waals surface area contributed by atoms with Crippen molar-refractivity contribution in [1.29, 1.82) is 0 Å². The zero-order chi connectivity index (χ0) is 20.4. The number of aromatic amines is 1. The van der Waals surface area contributed by atoms with Gasteiger partial charge in [0.2, 0.25) is 0 Å². The maximum Gasteiger partial charge on any atom is 0.335 e. The van der Waals surface area contributed by atoms with Gasteiger partial charge in [-0.3, -0.25) is 4.79 Å². The van der Waals surface area contributed by atoms with Crippen molar-refractivity contribution in [2.24, 2.45) is 11.7 Å². The molecular formula is C19H22Cl2N4O3. The van der Waals surface area contributed by atoms with E-state index in [4.69, 9.17) is 28.9 Å². The summed E-state index contributed by atoms with van der Waals surface area (Å²) in [5.74, 6) is -1.15. The normalized spacial score (nSPS) is 16.9. The number of aryl methyl sites for hydroxylation is 1. The number of nitrogens with two attached hydrogens (primary N) is 1. The van der Waals surface area contributed by atoms with Crippen LogP contribution < -0.4 is 16.0 Å². The quantitative estimate of drug-likeness (QED) is 0.583. The number of hydrogen-bond acceptors (Lipinski definition) is 4. The Labute approximate surface area is 172 Å². The predicted molar refractivity (Wildman–Crippen MR) is 111 cm³/mol. The molecule has 1 atom stereocenters. The van der Waals surface area contributed by atoms with Gasteiger partial charge in [-0.25, -0.2) is 4.79 Å². The van der Waals surface area contributed by atoms with Crippen molar-refractivity contribution < 1.29 is 14.7 Å². The van der Waals surface area contributed by atoms with Crippen LogP contribution >= 0.6 is 23.2 Å². The number of benzene rings is 1. The Morgan fingerprint density at radius 1 is 1.36 bits per heavy atom. The molecule has 5 N–H and O–H groups in total. The van der Waals surface area contributed by atoms with Crippen molar-refractivity contribution in [2.45, 2.75) is 19.8 Å². The number of carboxylic acid groups (broad SMARTS) is 1. The maximum absolute atomic E-state index is 12.7. The first-order valence-electron chi connectivity index (χ1n) is 8.99. The molecule has 0 bridgehead atoms. The number of H-pyrrole nitrogens is 1. The van der Waals surface area contributed by atoms with E-state index >= 15 is 0 Å². The Morgan fingerprint density at radius 3 is 2.71 bits per heavy atom. The summed E-state index contributed by atoms with van der Waals surface area (Å²) >= 11 is 12.2. The fraction of sp³-hybridized carbons (Fsp3) is 0.368. The topological polar surface area (TPSA) is 111 Å². The summed E-state index contributed by atoms with van der Waals surface area (Å²) < 4.78 is 0. The number of amides is 1. The average molecular weight is 425 g/mol. The van der Waals surface area contributed by atoms with Gasteiger partial charge in [-0.15, -0.1) is 0 Å². The summed E-state index contributed by atoms with van der Waals surface area (Å²) in [6.45, 7) is 3.75. The van der Waals surface area contributed by atoms with Crippen LogP contribution in [0.3, 0.4) is 0 Å². The third-order valence-electron chi connectivity index (χ3n) is 4.97. The van der Waals surface area contributed by atoms with Crippen LogP contribution in [-0.4, -0.2) is 41.6 Å². The van der Waals surface area contributed by atoms with E-state index in [2.05, 4.69) is 15.2 Å². The minimum absolute atomic E-state index is 0.152. The molecule has 1 fully saturated rings. The molecule has 7 nitrogen and oxygen atoms in total. The van der Waals surface area contributed by atoms with Gasteiger partial charge >= 0.3 is 5.97 Å². The summed E-state index contributed by atoms with van der Waals surface area (Å²) in [6, 6.07) is 4.62. The number of aromatic carboxylic acids is 1. The Kier molecular flexibility index (Phi) is 6.17. The number of nitrogens with zero attached hydrogens (tertiary/aromatic N) is 1. The summed E-state index contributed by atoms with van der Waals surface area (Å²) in [7, 11) is 0. The van der Waals surface area contributed by atoms with E-state index in [0.717, 1.165) is 19.4 Å². The monoisotopic (exact) mass is 424 g/mol. The lowest BCUT2D eigenvalue weighted by Crippen LogP contribution is -2.39. The second kappa shape index (κ2) is 8.43. The molecule has 2 heterocycles. The average Bonchev–Trinajstić information content (AvgIpc) is 2.95. The van der Waals surface area contributed by atoms with Crippen LogP contribution in [0.15, 0.2) is 18.2 Å². The summed E-state index contributed by atoms with van der Waals surface area (Å²) in [5.41, 5.74) is 7.90. The molecule has 0 aliphatic carbocycles. The third kappa shape index (κ3) is 4.11. The van der Waals surface area contributed by atoms with Crippen LogP contribution in [0.25, 0.3) is 0 Å². The molecule has 150 valence electrons. The van der Waals surface area contributed by atoms with Crippen molar-refractivity contribution in [3.8, 4) is 0 Å². The van der Waals surface area contributed by atoms with Crippen LogP contribution in [0.5, 0.6) is 0 Å². The van der Waals surface area contributed by atoms with Gasteiger partial charge in [0.05, 0.1) is 27.0 Å². The number of carboxylic acids is 1. The molecule has 1 unspecified atom stereocenters. The Bertz CT molecular complexity index is 913. The molecule has 0 spiro atoms. The maximum atomic E-state index is 12.7. The molecule has 9 heteroatoms. The van der Waals surface area contributed by atoms with Gasteiger partial charge in [0.1, 0.15) is 5.69 Å². The van der Waals surface area contributed by atoms with E-state index in [-0.39, 0.29) is 16.3 Å². The third-order valence-corrected chi connectivity index (χ3v) is 5.91. The van der Waals surface area contributed by atoms with Crippen LogP contribution in [0.1, 0.15) is 39.4 Å². The highest BCUT2D eigenvalue weighted by molar-refractivity contribution is 6.44. The molecule has 1 saturated heterocycles. The SMILES string of the molecule is Cc1[nH]c(C(=O)Nc2ccc(C(=O)O)cc2N2CCCC(CN)C2)c(Cl)c1Cl. The van der Waals surface area contributed by atoms with Gasteiger partial charge in [-0.05, 0) is 50.4 Å². The lowest BCUT2D eigenvalue weighted by Gasteiger charge is -2.35. The van der Waals surface area contributed by atoms with E-state index in [0.29, 0.717) is 41.1 Å². The number of carbonyl (C=O) groups excluding carboxylic acids is 1. The highest BCUT2D eigenvalue weighted by Crippen LogP contribution is 2.33. The van der Waals surface area contributed by atoms with Crippen LogP contribution in [0.4, 0.5) is 11.4 Å². The number of carbonyl (C=O) groups is 2. The van der Waals surface area contributed by atoms with Gasteiger partial charge < -0.3 is 26.0 Å². The van der Waals surface area contributed by atoms with E-state index in [1.54, 1.807) is 19.1 Å². The van der Waals surface area contributed by atoms with Crippen LogP contribution in [0, 0.1) is 12.8 Å². The molecule has 1 aliphatic rings. The largest absolute Gasteiger partial charge is 0.478 e. The Balaban J connectivity index is 1.94. The molecule has 28 heavy (non-hydrogen) atoms. The van der Waals surface area contributed by atoms with E-state index in [1.807, 2.05) is 0 Å². The lowest BCUT2D eigenvalue weighted by molar-refractivity contribution is 0.0696. The fourth-order valence-electron chi connectivity index (χ4n) is 3.42. The summed E-state index contributed by atoms with van der Waals surface area (Å²) in [6.07, 6.45) is 1.98. The predicted octanol–water partition coefficient (Wildman–Crippen LogP) is 3.76. The highest BCUT2D eigenvalue weighted by atomic mass is 35.5. The first-order chi connectivity index (χ1) is 13.3. The molecule has 0 radical (unpaired) electrons. The van der Waals surface area contributed by atoms with Crippen molar-refractivity contribution in [1.82, 2.24) is 4.98 Å². The van der Waals surface area contributed by atoms with E-state index in [9.17, 15) is 14.7 Å². The second-order valence-corrected chi connectivity index (χ2v) is 7.69. The van der Waals surface area contributed by atoms with E-state index < -0.39 is 11.9 Å². The molecule has 1 aromatic carbocycles. The standard InChI is InChI=1S/C19H22Cl2N4O3/c1-10-15(20)16(21)17(23-10)18(26)24-13-5-4-12(19(27)28)7-14(13)25-6-2-3-11(8-22)9-25/h4-5,7,11,23H,2-3,6,8-9,22H2,1H3,(H,24,26)(H,27,28). The van der Waals surface area contributed by atoms with Crippen molar-refractivity contribution in [3.63, 3.8) is 0 Å². The van der Waals surface area contributed by atoms with Gasteiger partial charge in [-0.1, -0.05) is 23.2 Å². The number of nitrogens with one attached hydrogen (secondary N) is 2. The van der Waals surface area contributed by atoms with Crippen molar-refractivity contribution in [2.75, 3.05) is 29.9 Å². The molecule has 1 aromatic heterocycles. The summed E-state index contributed by atoms with van der Waals surface area (Å²) in [5, 5.41) is 12.6. The first-order valence-corrected chi connectivity index (χ1v) is 9.74. The van der Waals surface area contributed by atoms with Gasteiger partial charge in [0, 0.05) is 18.8 Å². The van der Waals surface area contributed by atoms with Crippen LogP contribution in [-0.2, 0) is 0 Å². The fourth-order valence-corrected chi connectivity index (χ4v) is 3.84. The Hall–Kier alpha value is -2.22. The second-order valence-electron chi connectivity index (χ2n) is 6.93. The molecule has 3 rings (SSSR count). The molecule has 1 amide bonds. The number of piperidine rings is 1. The molecular weight excluding hydrogens is 403 g/mol. The number of aromatic nitrogens is 1. The number of halogens is 2. The minimum atomic E-state index is -1.03. The highest BCUT2D eigenvalue weighted by Gasteiger charge is 2.24. The Morgan fingerprint density at radius 2 is 2.11 bits per heavy atom. The van der Waals surface area contributed by atoms with Crippen molar-refractivity contribution in [3.05, 3.63) is 45.2 Å². The first kappa shape index (κ1) is 20.5. The van der Waals surface area contributed by atoms with Crippen molar-refractivity contribution >= 4 is 46.5 Å². The van der Waals surface area contributed by atoms with Gasteiger partial charge in [-0.2, -0.15) is 0 Å². The number of anilines is 2. The molecule has 1 aliphatic heterocycles. The van der Waals surface area contributed by atoms with Gasteiger partial charge in [0.25, 0.3) is 5.91 Å².